The van der Waals surface area contributed by atoms with Crippen molar-refractivity contribution < 1.29 is 9.90 Å². The Bertz CT molecular complexity index is 473. The quantitative estimate of drug-likeness (QED) is 0.713. The van der Waals surface area contributed by atoms with Crippen LogP contribution in [0.4, 0.5) is 0 Å². The standard InChI is InChI=1S/C9H8N2O2/c1-6-2-3-8(9(12)13)11-7(6)4-5-10-11/h2-5H,1H3,(H,12,13). The van der Waals surface area contributed by atoms with Crippen LogP contribution in [-0.4, -0.2) is 20.7 Å². The van der Waals surface area contributed by atoms with Crippen LogP contribution in [0, 0.1) is 6.92 Å². The lowest BCUT2D eigenvalue weighted by Gasteiger charge is -2.01. The van der Waals surface area contributed by atoms with Gasteiger partial charge in [-0.3, -0.25) is 0 Å². The van der Waals surface area contributed by atoms with Crippen molar-refractivity contribution in [3.8, 4) is 0 Å². The first-order valence-corrected chi connectivity index (χ1v) is 3.87. The number of carboxylic acid groups (broad SMARTS) is 1. The van der Waals surface area contributed by atoms with Gasteiger partial charge in [0.15, 0.2) is 0 Å². The molecule has 4 heteroatoms. The summed E-state index contributed by atoms with van der Waals surface area (Å²) in [7, 11) is 0. The molecule has 0 aromatic carbocycles. The molecule has 0 fully saturated rings. The van der Waals surface area contributed by atoms with E-state index in [1.807, 2.05) is 6.92 Å². The molecule has 2 rings (SSSR count). The molecule has 13 heavy (non-hydrogen) atoms. The third-order valence-corrected chi connectivity index (χ3v) is 1.99. The van der Waals surface area contributed by atoms with E-state index in [9.17, 15) is 4.79 Å². The van der Waals surface area contributed by atoms with Gasteiger partial charge in [0.25, 0.3) is 0 Å². The number of carboxylic acids is 1. The van der Waals surface area contributed by atoms with E-state index in [1.54, 1.807) is 24.4 Å². The van der Waals surface area contributed by atoms with Crippen LogP contribution in [0.15, 0.2) is 24.4 Å². The summed E-state index contributed by atoms with van der Waals surface area (Å²) in [5.41, 5.74) is 2.04. The fourth-order valence-corrected chi connectivity index (χ4v) is 1.32. The van der Waals surface area contributed by atoms with Gasteiger partial charge in [0.2, 0.25) is 0 Å². The predicted octanol–water partition coefficient (Wildman–Crippen LogP) is 1.34. The van der Waals surface area contributed by atoms with Gasteiger partial charge in [-0.25, -0.2) is 9.31 Å². The average Bonchev–Trinajstić information content (AvgIpc) is 2.53. The second-order valence-electron chi connectivity index (χ2n) is 2.83. The monoisotopic (exact) mass is 176 g/mol. The van der Waals surface area contributed by atoms with E-state index in [1.165, 1.54) is 4.52 Å². The minimum absolute atomic E-state index is 0.186. The van der Waals surface area contributed by atoms with E-state index in [2.05, 4.69) is 5.10 Å². The first-order valence-electron chi connectivity index (χ1n) is 3.87. The molecule has 0 aliphatic carbocycles. The van der Waals surface area contributed by atoms with Crippen molar-refractivity contribution in [2.24, 2.45) is 0 Å². The topological polar surface area (TPSA) is 54.6 Å². The zero-order valence-corrected chi connectivity index (χ0v) is 7.06. The predicted molar refractivity (Wildman–Crippen MR) is 46.9 cm³/mol. The van der Waals surface area contributed by atoms with Gasteiger partial charge in [-0.05, 0) is 24.6 Å². The van der Waals surface area contributed by atoms with Gasteiger partial charge >= 0.3 is 5.97 Å². The van der Waals surface area contributed by atoms with Gasteiger partial charge in [0, 0.05) is 0 Å². The Morgan fingerprint density at radius 1 is 1.46 bits per heavy atom. The van der Waals surface area contributed by atoms with Crippen molar-refractivity contribution in [3.63, 3.8) is 0 Å². The van der Waals surface area contributed by atoms with Gasteiger partial charge in [-0.15, -0.1) is 0 Å². The molecule has 1 N–H and O–H groups in total. The van der Waals surface area contributed by atoms with E-state index < -0.39 is 5.97 Å². The minimum Gasteiger partial charge on any atom is -0.477 e. The summed E-state index contributed by atoms with van der Waals surface area (Å²) in [4.78, 5) is 10.8. The van der Waals surface area contributed by atoms with E-state index in [0.29, 0.717) is 0 Å². The zero-order valence-electron chi connectivity index (χ0n) is 7.06. The van der Waals surface area contributed by atoms with Crippen LogP contribution in [0.5, 0.6) is 0 Å². The number of carbonyl (C=O) groups is 1. The molecule has 0 saturated carbocycles. The van der Waals surface area contributed by atoms with Crippen LogP contribution < -0.4 is 0 Å². The minimum atomic E-state index is -0.964. The van der Waals surface area contributed by atoms with Crippen LogP contribution in [0.25, 0.3) is 5.52 Å². The summed E-state index contributed by atoms with van der Waals surface area (Å²) in [6.07, 6.45) is 1.59. The summed E-state index contributed by atoms with van der Waals surface area (Å²) < 4.78 is 1.43. The molecule has 0 aliphatic heterocycles. The van der Waals surface area contributed by atoms with E-state index >= 15 is 0 Å². The molecule has 0 atom stereocenters. The van der Waals surface area contributed by atoms with E-state index in [4.69, 9.17) is 5.11 Å². The fraction of sp³-hybridized carbons (Fsp3) is 0.111. The summed E-state index contributed by atoms with van der Waals surface area (Å²) in [5, 5.41) is 12.8. The Morgan fingerprint density at radius 2 is 2.23 bits per heavy atom. The van der Waals surface area contributed by atoms with E-state index in [-0.39, 0.29) is 5.69 Å². The number of aromatic nitrogens is 2. The smallest absolute Gasteiger partial charge is 0.354 e. The van der Waals surface area contributed by atoms with Crippen LogP contribution >= 0.6 is 0 Å². The Labute approximate surface area is 74.4 Å². The van der Waals surface area contributed by atoms with Crippen molar-refractivity contribution in [2.75, 3.05) is 0 Å². The first-order chi connectivity index (χ1) is 6.20. The molecule has 0 saturated heterocycles. The maximum Gasteiger partial charge on any atom is 0.354 e. The molecule has 0 radical (unpaired) electrons. The van der Waals surface area contributed by atoms with Crippen LogP contribution in [0.2, 0.25) is 0 Å². The zero-order chi connectivity index (χ0) is 9.42. The Hall–Kier alpha value is -1.84. The SMILES string of the molecule is Cc1ccc(C(=O)O)n2nccc12. The highest BCUT2D eigenvalue weighted by molar-refractivity contribution is 5.86. The lowest BCUT2D eigenvalue weighted by atomic mass is 10.2. The Balaban J connectivity index is 2.86. The second kappa shape index (κ2) is 2.58. The van der Waals surface area contributed by atoms with Crippen molar-refractivity contribution in [1.82, 2.24) is 9.61 Å². The number of hydrogen-bond acceptors (Lipinski definition) is 2. The number of aromatic carboxylic acids is 1. The van der Waals surface area contributed by atoms with Crippen molar-refractivity contribution >= 4 is 11.5 Å². The van der Waals surface area contributed by atoms with Gasteiger partial charge in [-0.1, -0.05) is 6.07 Å². The highest BCUT2D eigenvalue weighted by atomic mass is 16.4. The summed E-state index contributed by atoms with van der Waals surface area (Å²) in [6.45, 7) is 1.92. The molecular weight excluding hydrogens is 168 g/mol. The maximum atomic E-state index is 10.8. The highest BCUT2D eigenvalue weighted by Crippen LogP contribution is 2.11. The van der Waals surface area contributed by atoms with Gasteiger partial charge in [0.1, 0.15) is 5.69 Å². The van der Waals surface area contributed by atoms with E-state index in [0.717, 1.165) is 11.1 Å². The average molecular weight is 176 g/mol. The molecule has 0 amide bonds. The van der Waals surface area contributed by atoms with Gasteiger partial charge in [0.05, 0.1) is 11.7 Å². The van der Waals surface area contributed by atoms with Crippen LogP contribution in [-0.2, 0) is 0 Å². The largest absolute Gasteiger partial charge is 0.477 e. The second-order valence-corrected chi connectivity index (χ2v) is 2.83. The lowest BCUT2D eigenvalue weighted by molar-refractivity contribution is 0.0687. The van der Waals surface area contributed by atoms with Crippen LogP contribution in [0.3, 0.4) is 0 Å². The summed E-state index contributed by atoms with van der Waals surface area (Å²) in [5.74, 6) is -0.964. The van der Waals surface area contributed by atoms with Crippen LogP contribution in [0.1, 0.15) is 16.1 Å². The molecule has 0 bridgehead atoms. The molecule has 2 aromatic rings. The van der Waals surface area contributed by atoms with Crippen molar-refractivity contribution in [2.45, 2.75) is 6.92 Å². The lowest BCUT2D eigenvalue weighted by Crippen LogP contribution is -2.06. The molecule has 66 valence electrons. The molecule has 0 aliphatic rings. The number of nitrogens with zero attached hydrogens (tertiary/aromatic N) is 2. The van der Waals surface area contributed by atoms with Crippen molar-refractivity contribution in [3.05, 3.63) is 35.7 Å². The summed E-state index contributed by atoms with van der Waals surface area (Å²) in [6, 6.07) is 5.12. The molecule has 2 heterocycles. The normalized spacial score (nSPS) is 10.5. The molecule has 0 unspecified atom stereocenters. The van der Waals surface area contributed by atoms with Crippen molar-refractivity contribution in [1.29, 1.82) is 0 Å². The first kappa shape index (κ1) is 7.79. The third kappa shape index (κ3) is 1.07. The summed E-state index contributed by atoms with van der Waals surface area (Å²) >= 11 is 0. The number of aryl methyl sites for hydroxylation is 1. The highest BCUT2D eigenvalue weighted by Gasteiger charge is 2.09. The fourth-order valence-electron chi connectivity index (χ4n) is 1.32. The number of fused-ring (bicyclic) bond motifs is 1. The molecular formula is C9H8N2O2. The third-order valence-electron chi connectivity index (χ3n) is 1.99. The molecule has 0 spiro atoms. The number of pyridine rings is 1. The number of hydrogen-bond donors (Lipinski definition) is 1. The Morgan fingerprint density at radius 3 is 2.92 bits per heavy atom. The van der Waals surface area contributed by atoms with Gasteiger partial charge < -0.3 is 5.11 Å². The number of rotatable bonds is 1. The maximum absolute atomic E-state index is 10.8. The Kier molecular flexibility index (Phi) is 1.55. The van der Waals surface area contributed by atoms with Gasteiger partial charge in [-0.2, -0.15) is 5.10 Å². The molecule has 4 nitrogen and oxygen atoms in total. The molecule has 2 aromatic heterocycles.